The molecule has 0 radical (unpaired) electrons. The minimum atomic E-state index is -2.35. The second-order valence-electron chi connectivity index (χ2n) is 10.1. The van der Waals surface area contributed by atoms with E-state index in [0.29, 0.717) is 26.1 Å². The van der Waals surface area contributed by atoms with Crippen LogP contribution in [0.3, 0.4) is 0 Å². The van der Waals surface area contributed by atoms with E-state index < -0.39 is 58.4 Å². The molecule has 1 aliphatic rings. The highest BCUT2D eigenvalue weighted by Gasteiger charge is 2.29. The van der Waals surface area contributed by atoms with Crippen molar-refractivity contribution in [1.29, 1.82) is 0 Å². The summed E-state index contributed by atoms with van der Waals surface area (Å²) >= 11 is 0. The van der Waals surface area contributed by atoms with Crippen molar-refractivity contribution in [1.82, 2.24) is 10.2 Å². The van der Waals surface area contributed by atoms with Crippen LogP contribution in [0.5, 0.6) is 5.75 Å². The van der Waals surface area contributed by atoms with Crippen molar-refractivity contribution in [3.63, 3.8) is 0 Å². The number of nitrogens with one attached hydrogen (secondary N) is 1. The van der Waals surface area contributed by atoms with Crippen LogP contribution in [0.15, 0.2) is 12.2 Å². The minimum absolute atomic E-state index is 0.0236. The van der Waals surface area contributed by atoms with E-state index in [4.69, 9.17) is 9.47 Å². The van der Waals surface area contributed by atoms with E-state index in [1.54, 1.807) is 24.8 Å². The summed E-state index contributed by atoms with van der Waals surface area (Å²) in [6, 6.07) is 0. The largest absolute Gasteiger partial charge is 0.420 e. The van der Waals surface area contributed by atoms with Gasteiger partial charge in [-0.3, -0.25) is 14.4 Å². The molecule has 0 fully saturated rings. The third-order valence-corrected chi connectivity index (χ3v) is 5.94. The van der Waals surface area contributed by atoms with Gasteiger partial charge in [-0.1, -0.05) is 6.08 Å². The number of rotatable bonds is 15. The molecule has 0 saturated carbocycles. The van der Waals surface area contributed by atoms with E-state index in [0.717, 1.165) is 0 Å². The zero-order chi connectivity index (χ0) is 29.4. The van der Waals surface area contributed by atoms with Crippen molar-refractivity contribution in [2.45, 2.75) is 64.6 Å². The summed E-state index contributed by atoms with van der Waals surface area (Å²) in [4.78, 5) is 37.1. The highest BCUT2D eigenvalue weighted by atomic mass is 19.2. The number of hydrogen-bond acceptors (Lipinski definition) is 6. The van der Waals surface area contributed by atoms with Crippen molar-refractivity contribution >= 4 is 17.8 Å². The Bertz CT molecular complexity index is 1060. The molecule has 0 bridgehead atoms. The van der Waals surface area contributed by atoms with E-state index in [1.165, 1.54) is 6.08 Å². The molecule has 2 amide bonds. The maximum Gasteiger partial charge on any atom is 0.311 e. The smallest absolute Gasteiger partial charge is 0.311 e. The van der Waals surface area contributed by atoms with Crippen molar-refractivity contribution in [2.75, 3.05) is 32.8 Å². The van der Waals surface area contributed by atoms with Crippen LogP contribution in [0.1, 0.15) is 53.4 Å². The summed E-state index contributed by atoms with van der Waals surface area (Å²) in [5, 5.41) is 2.79. The SMILES string of the molecule is CC(C)(CCNC(=O)CCN1CC=CC1=O)OCCOC(C)(C)CCC(=O)Oc1c(F)c(F)c(F)c(F)c1F. The zero-order valence-electron chi connectivity index (χ0n) is 22.3. The van der Waals surface area contributed by atoms with Gasteiger partial charge in [-0.05, 0) is 40.5 Å². The maximum atomic E-state index is 13.7. The second-order valence-corrected chi connectivity index (χ2v) is 10.1. The molecule has 218 valence electrons. The molecule has 2 rings (SSSR count). The van der Waals surface area contributed by atoms with Gasteiger partial charge in [0.1, 0.15) is 0 Å². The number of nitrogens with zero attached hydrogens (tertiary/aromatic N) is 1. The monoisotopic (exact) mass is 564 g/mol. The minimum Gasteiger partial charge on any atom is -0.420 e. The van der Waals surface area contributed by atoms with Crippen LogP contribution < -0.4 is 10.1 Å². The second kappa shape index (κ2) is 13.8. The quantitative estimate of drug-likeness (QED) is 0.0866. The molecule has 39 heavy (non-hydrogen) atoms. The van der Waals surface area contributed by atoms with Crippen LogP contribution in [0.4, 0.5) is 22.0 Å². The van der Waals surface area contributed by atoms with E-state index in [9.17, 15) is 36.3 Å². The van der Waals surface area contributed by atoms with E-state index in [-0.39, 0.29) is 37.9 Å². The van der Waals surface area contributed by atoms with Gasteiger partial charge in [0.05, 0.1) is 24.4 Å². The normalized spacial score (nSPS) is 13.8. The highest BCUT2D eigenvalue weighted by molar-refractivity contribution is 5.90. The van der Waals surface area contributed by atoms with E-state index in [1.807, 2.05) is 13.8 Å². The molecule has 1 aliphatic heterocycles. The summed E-state index contributed by atoms with van der Waals surface area (Å²) in [6.07, 6.45) is 3.54. The third kappa shape index (κ3) is 9.88. The molecule has 1 N–H and O–H groups in total. The molecular weight excluding hydrogens is 531 g/mol. The van der Waals surface area contributed by atoms with Crippen LogP contribution in [-0.4, -0.2) is 66.7 Å². The van der Waals surface area contributed by atoms with Crippen LogP contribution >= 0.6 is 0 Å². The molecule has 1 aromatic rings. The Balaban J connectivity index is 1.66. The van der Waals surface area contributed by atoms with Gasteiger partial charge in [0, 0.05) is 38.6 Å². The van der Waals surface area contributed by atoms with Crippen molar-refractivity contribution < 1.29 is 50.5 Å². The summed E-state index contributed by atoms with van der Waals surface area (Å²) in [7, 11) is 0. The Morgan fingerprint density at radius 1 is 0.872 bits per heavy atom. The zero-order valence-corrected chi connectivity index (χ0v) is 22.3. The first-order valence-electron chi connectivity index (χ1n) is 12.4. The first-order chi connectivity index (χ1) is 18.1. The fourth-order valence-corrected chi connectivity index (χ4v) is 3.53. The van der Waals surface area contributed by atoms with Crippen molar-refractivity contribution in [3.8, 4) is 5.75 Å². The van der Waals surface area contributed by atoms with E-state index >= 15 is 0 Å². The lowest BCUT2D eigenvalue weighted by Crippen LogP contribution is -2.36. The number of amides is 2. The fraction of sp³-hybridized carbons (Fsp3) is 0.577. The first kappa shape index (κ1) is 32.2. The molecule has 13 heteroatoms. The molecular formula is C26H33F5N2O6. The van der Waals surface area contributed by atoms with Gasteiger partial charge < -0.3 is 24.4 Å². The summed E-state index contributed by atoms with van der Waals surface area (Å²) in [6.45, 7) is 8.51. The summed E-state index contributed by atoms with van der Waals surface area (Å²) in [5.41, 5.74) is -1.49. The number of carbonyl (C=O) groups is 3. The number of carbonyl (C=O) groups excluding carboxylic acids is 3. The average Bonchev–Trinajstić information content (AvgIpc) is 3.29. The predicted molar refractivity (Wildman–Crippen MR) is 129 cm³/mol. The molecule has 0 spiro atoms. The molecule has 8 nitrogen and oxygen atoms in total. The Morgan fingerprint density at radius 3 is 1.95 bits per heavy atom. The van der Waals surface area contributed by atoms with Gasteiger partial charge in [-0.15, -0.1) is 0 Å². The molecule has 1 aromatic carbocycles. The summed E-state index contributed by atoms with van der Waals surface area (Å²) in [5.74, 6) is -14.4. The Labute approximate surface area is 223 Å². The van der Waals surface area contributed by atoms with Gasteiger partial charge >= 0.3 is 5.97 Å². The Hall–Kier alpha value is -3.06. The lowest BCUT2D eigenvalue weighted by molar-refractivity contribution is -0.137. The number of ether oxygens (including phenoxy) is 3. The summed E-state index contributed by atoms with van der Waals surface area (Å²) < 4.78 is 82.9. The average molecular weight is 565 g/mol. The third-order valence-electron chi connectivity index (χ3n) is 5.94. The van der Waals surface area contributed by atoms with Crippen molar-refractivity contribution in [2.24, 2.45) is 0 Å². The predicted octanol–water partition coefficient (Wildman–Crippen LogP) is 3.95. The molecule has 0 aromatic heterocycles. The fourth-order valence-electron chi connectivity index (χ4n) is 3.53. The Morgan fingerprint density at radius 2 is 1.41 bits per heavy atom. The number of halogens is 5. The van der Waals surface area contributed by atoms with Crippen LogP contribution in [0, 0.1) is 29.1 Å². The van der Waals surface area contributed by atoms with Crippen LogP contribution in [0.2, 0.25) is 0 Å². The maximum absolute atomic E-state index is 13.7. The highest BCUT2D eigenvalue weighted by Crippen LogP contribution is 2.30. The van der Waals surface area contributed by atoms with Crippen LogP contribution in [0.25, 0.3) is 0 Å². The van der Waals surface area contributed by atoms with Crippen LogP contribution in [-0.2, 0) is 23.9 Å². The van der Waals surface area contributed by atoms with Gasteiger partial charge in [-0.2, -0.15) is 8.78 Å². The van der Waals surface area contributed by atoms with Crippen molar-refractivity contribution in [3.05, 3.63) is 41.2 Å². The van der Waals surface area contributed by atoms with E-state index in [2.05, 4.69) is 10.1 Å². The molecule has 0 atom stereocenters. The van der Waals surface area contributed by atoms with Gasteiger partial charge in [0.15, 0.2) is 0 Å². The number of hydrogen-bond donors (Lipinski definition) is 1. The Kier molecular flexibility index (Phi) is 11.4. The molecule has 0 unspecified atom stereocenters. The standard InChI is InChI=1S/C26H33F5N2O6/c1-25(2,9-7-18(36)39-24-22(30)20(28)19(27)21(29)23(24)31)37-14-15-38-26(3,4)10-11-32-16(34)8-13-33-12-5-6-17(33)35/h5-6H,7-15H2,1-4H3,(H,32,34). The van der Waals surface area contributed by atoms with Gasteiger partial charge in [0.2, 0.25) is 46.6 Å². The van der Waals surface area contributed by atoms with Gasteiger partial charge in [-0.25, -0.2) is 13.2 Å². The molecule has 1 heterocycles. The topological polar surface area (TPSA) is 94.2 Å². The van der Waals surface area contributed by atoms with Gasteiger partial charge in [0.25, 0.3) is 0 Å². The first-order valence-corrected chi connectivity index (χ1v) is 12.4. The molecule has 0 saturated heterocycles. The molecule has 0 aliphatic carbocycles. The lowest BCUT2D eigenvalue weighted by atomic mass is 10.0. The number of esters is 1. The number of benzene rings is 1. The lowest BCUT2D eigenvalue weighted by Gasteiger charge is -2.28.